The van der Waals surface area contributed by atoms with Gasteiger partial charge in [-0.3, -0.25) is 0 Å². The number of hydrogen-bond acceptors (Lipinski definition) is 8. The standard InChI is InChI=1S/C22H23N5S.C3H6N2.4C2H6/c23-9-13-14(24)4-6-16-20(13)18-10-1-2-11(7-10)19(18)21(26-16)12-3-5-15-17(8-12)28-22(25)27-15;4-2-1-3-5;4*1-2/h3-6,8-11,18-19,21,23,26H,1-2,7,24H2,(H2,25,27);1-4H,5H2;4*1-2H3/b;3-1-,4-2?;;;;. The molecule has 1 aromatic heterocycles. The highest BCUT2D eigenvalue weighted by Crippen LogP contribution is 2.64. The normalized spacial score (nSPS) is 22.2. The largest absolute Gasteiger partial charge is 0.405 e. The van der Waals surface area contributed by atoms with Crippen molar-refractivity contribution in [1.82, 2.24) is 4.98 Å². The van der Waals surface area contributed by atoms with E-state index in [1.165, 1.54) is 48.9 Å². The molecule has 2 fully saturated rings. The summed E-state index contributed by atoms with van der Waals surface area (Å²) in [6, 6.07) is 10.9. The Kier molecular flexibility index (Phi) is 15.8. The molecule has 0 saturated heterocycles. The predicted molar refractivity (Wildman–Crippen MR) is 184 cm³/mol. The summed E-state index contributed by atoms with van der Waals surface area (Å²) in [7, 11) is 0. The monoisotopic (exact) mass is 579 g/mol. The van der Waals surface area contributed by atoms with E-state index < -0.39 is 0 Å². The first kappa shape index (κ1) is 35.6. The van der Waals surface area contributed by atoms with Crippen molar-refractivity contribution < 1.29 is 0 Å². The average Bonchev–Trinajstić information content (AvgIpc) is 3.76. The summed E-state index contributed by atoms with van der Waals surface area (Å²) in [4.78, 5) is 4.41. The van der Waals surface area contributed by atoms with E-state index >= 15 is 0 Å². The van der Waals surface area contributed by atoms with Gasteiger partial charge in [-0.15, -0.1) is 0 Å². The molecule has 0 spiro atoms. The molecule has 41 heavy (non-hydrogen) atoms. The number of nitrogen functional groups attached to an aromatic ring is 2. The van der Waals surface area contributed by atoms with Crippen LogP contribution in [0.3, 0.4) is 0 Å². The first-order valence-corrected chi connectivity index (χ1v) is 16.1. The van der Waals surface area contributed by atoms with Crippen LogP contribution < -0.4 is 22.5 Å². The van der Waals surface area contributed by atoms with Crippen molar-refractivity contribution in [3.8, 4) is 0 Å². The average molecular weight is 580 g/mol. The number of allylic oxidation sites excluding steroid dienone is 1. The quantitative estimate of drug-likeness (QED) is 0.135. The minimum atomic E-state index is 0.280. The summed E-state index contributed by atoms with van der Waals surface area (Å²) >= 11 is 1.56. The van der Waals surface area contributed by atoms with Gasteiger partial charge in [-0.1, -0.05) is 72.8 Å². The molecule has 2 heterocycles. The second-order valence-electron chi connectivity index (χ2n) is 9.06. The maximum atomic E-state index is 7.97. The fourth-order valence-corrected chi connectivity index (χ4v) is 7.10. The summed E-state index contributed by atoms with van der Waals surface area (Å²) < 4.78 is 1.15. The molecule has 2 bridgehead atoms. The first-order valence-electron chi connectivity index (χ1n) is 15.3. The number of benzene rings is 2. The zero-order chi connectivity index (χ0) is 31.1. The summed E-state index contributed by atoms with van der Waals surface area (Å²) in [6.07, 6.45) is 9.25. The van der Waals surface area contributed by atoms with Gasteiger partial charge in [0.15, 0.2) is 5.13 Å². The van der Waals surface area contributed by atoms with Crippen LogP contribution >= 0.6 is 11.3 Å². The molecule has 3 aromatic rings. The highest BCUT2D eigenvalue weighted by molar-refractivity contribution is 7.22. The Bertz CT molecular complexity index is 1250. The van der Waals surface area contributed by atoms with E-state index in [4.69, 9.17) is 28.0 Å². The topological polar surface area (TPSA) is 151 Å². The Morgan fingerprint density at radius 2 is 1.59 bits per heavy atom. The Labute approximate surface area is 252 Å². The molecular weight excluding hydrogens is 526 g/mol. The van der Waals surface area contributed by atoms with Gasteiger partial charge in [0.1, 0.15) is 0 Å². The first-order chi connectivity index (χ1) is 20.0. The maximum Gasteiger partial charge on any atom is 0.181 e. The van der Waals surface area contributed by atoms with E-state index in [1.807, 2.05) is 61.5 Å². The third-order valence-electron chi connectivity index (χ3n) is 7.47. The number of nitrogens with zero attached hydrogens (tertiary/aromatic N) is 1. The van der Waals surface area contributed by atoms with Crippen molar-refractivity contribution in [2.24, 2.45) is 23.5 Å². The van der Waals surface area contributed by atoms with E-state index in [9.17, 15) is 0 Å². The zero-order valence-corrected chi connectivity index (χ0v) is 27.1. The Morgan fingerprint density at radius 1 is 0.927 bits per heavy atom. The molecule has 9 N–H and O–H groups in total. The van der Waals surface area contributed by atoms with Gasteiger partial charge in [0.2, 0.25) is 0 Å². The van der Waals surface area contributed by atoms with Crippen LogP contribution in [-0.2, 0) is 0 Å². The van der Waals surface area contributed by atoms with Crippen molar-refractivity contribution in [2.45, 2.75) is 86.6 Å². The van der Waals surface area contributed by atoms with Gasteiger partial charge in [-0.05, 0) is 90.6 Å². The lowest BCUT2D eigenvalue weighted by atomic mass is 9.67. The second kappa shape index (κ2) is 18.1. The van der Waals surface area contributed by atoms with Crippen molar-refractivity contribution >= 4 is 50.5 Å². The number of anilines is 3. The van der Waals surface area contributed by atoms with Crippen molar-refractivity contribution in [3.05, 3.63) is 59.3 Å². The molecule has 226 valence electrons. The van der Waals surface area contributed by atoms with Crippen LogP contribution in [0.4, 0.5) is 16.5 Å². The molecular formula is C33H53N7S. The van der Waals surface area contributed by atoms with Crippen LogP contribution in [0.25, 0.3) is 10.2 Å². The van der Waals surface area contributed by atoms with Crippen molar-refractivity contribution in [3.63, 3.8) is 0 Å². The zero-order valence-electron chi connectivity index (χ0n) is 26.3. The molecule has 2 saturated carbocycles. The van der Waals surface area contributed by atoms with Gasteiger partial charge in [0.05, 0.1) is 16.3 Å². The van der Waals surface area contributed by atoms with Gasteiger partial charge >= 0.3 is 0 Å². The van der Waals surface area contributed by atoms with Crippen LogP contribution in [0, 0.1) is 28.6 Å². The number of hydrogen-bond donors (Lipinski definition) is 6. The molecule has 3 aliphatic rings. The molecule has 6 rings (SSSR count). The molecule has 0 amide bonds. The number of nitrogens with one attached hydrogen (secondary N) is 3. The Hall–Kier alpha value is -3.39. The Morgan fingerprint density at radius 3 is 2.17 bits per heavy atom. The number of rotatable bonds is 3. The summed E-state index contributed by atoms with van der Waals surface area (Å²) in [6.45, 7) is 16.0. The lowest BCUT2D eigenvalue weighted by Gasteiger charge is -2.44. The number of thiazole rings is 1. The number of nitrogens with two attached hydrogens (primary N) is 3. The van der Waals surface area contributed by atoms with Crippen LogP contribution in [0.1, 0.15) is 103 Å². The van der Waals surface area contributed by atoms with E-state index in [2.05, 4.69) is 34.6 Å². The maximum absolute atomic E-state index is 7.97. The van der Waals surface area contributed by atoms with Crippen molar-refractivity contribution in [2.75, 3.05) is 16.8 Å². The fourth-order valence-electron chi connectivity index (χ4n) is 6.32. The van der Waals surface area contributed by atoms with Crippen LogP contribution in [-0.4, -0.2) is 17.4 Å². The third kappa shape index (κ3) is 7.67. The number of aromatic nitrogens is 1. The van der Waals surface area contributed by atoms with Crippen LogP contribution in [0.5, 0.6) is 0 Å². The second-order valence-corrected chi connectivity index (χ2v) is 10.1. The van der Waals surface area contributed by atoms with E-state index in [0.29, 0.717) is 22.9 Å². The summed E-state index contributed by atoms with van der Waals surface area (Å²) in [5.41, 5.74) is 23.3. The predicted octanol–water partition coefficient (Wildman–Crippen LogP) is 8.97. The minimum absolute atomic E-state index is 0.280. The van der Waals surface area contributed by atoms with Gasteiger partial charge in [-0.25, -0.2) is 4.98 Å². The molecule has 2 aliphatic carbocycles. The SMILES string of the molecule is CC.CC.CC.CC.N=C/C=C\N.N=Cc1c(N)ccc2c1C1C3CCC(C3)C1C(c1ccc3nc(N)sc3c1)N2. The van der Waals surface area contributed by atoms with E-state index in [1.54, 1.807) is 11.3 Å². The Balaban J connectivity index is 0.000000564. The molecule has 0 radical (unpaired) electrons. The third-order valence-corrected chi connectivity index (χ3v) is 8.32. The van der Waals surface area contributed by atoms with Gasteiger partial charge in [0.25, 0.3) is 0 Å². The highest BCUT2D eigenvalue weighted by atomic mass is 32.1. The lowest BCUT2D eigenvalue weighted by molar-refractivity contribution is 0.247. The molecule has 5 unspecified atom stereocenters. The fraction of sp³-hybridized carbons (Fsp3) is 0.485. The smallest absolute Gasteiger partial charge is 0.181 e. The van der Waals surface area contributed by atoms with Crippen LogP contribution in [0.2, 0.25) is 0 Å². The molecule has 5 atom stereocenters. The summed E-state index contributed by atoms with van der Waals surface area (Å²) in [5.74, 6) is 2.49. The van der Waals surface area contributed by atoms with Gasteiger partial charge in [-0.2, -0.15) is 0 Å². The molecule has 1 aliphatic heterocycles. The highest BCUT2D eigenvalue weighted by Gasteiger charge is 2.54. The molecule has 7 nitrogen and oxygen atoms in total. The van der Waals surface area contributed by atoms with Gasteiger partial charge in [0, 0.05) is 29.4 Å². The lowest BCUT2D eigenvalue weighted by Crippen LogP contribution is -2.36. The van der Waals surface area contributed by atoms with Gasteiger partial charge < -0.3 is 33.3 Å². The molecule has 2 aromatic carbocycles. The van der Waals surface area contributed by atoms with Crippen LogP contribution in [0.15, 0.2) is 42.6 Å². The van der Waals surface area contributed by atoms with E-state index in [-0.39, 0.29) is 6.04 Å². The summed E-state index contributed by atoms with van der Waals surface area (Å²) in [5, 5.41) is 18.7. The van der Waals surface area contributed by atoms with Crippen molar-refractivity contribution in [1.29, 1.82) is 10.8 Å². The number of fused-ring (bicyclic) bond motifs is 8. The van der Waals surface area contributed by atoms with E-state index in [0.717, 1.165) is 39.3 Å². The minimum Gasteiger partial charge on any atom is -0.405 e. The molecule has 8 heteroatoms.